The van der Waals surface area contributed by atoms with Crippen molar-refractivity contribution in [3.63, 3.8) is 0 Å². The number of aromatic nitrogens is 1. The molecule has 0 radical (unpaired) electrons. The van der Waals surface area contributed by atoms with Crippen molar-refractivity contribution in [3.05, 3.63) is 16.1 Å². The van der Waals surface area contributed by atoms with Crippen molar-refractivity contribution in [1.82, 2.24) is 15.2 Å². The van der Waals surface area contributed by atoms with Crippen LogP contribution < -0.4 is 5.32 Å². The van der Waals surface area contributed by atoms with Gasteiger partial charge in [0, 0.05) is 48.1 Å². The molecule has 0 amide bonds. The first-order chi connectivity index (χ1) is 8.94. The Kier molecular flexibility index (Phi) is 5.29. The maximum Gasteiger partial charge on any atom is 0.107 e. The largest absolute Gasteiger partial charge is 0.308 e. The minimum absolute atomic E-state index is 0.385. The van der Waals surface area contributed by atoms with Gasteiger partial charge in [0.25, 0.3) is 0 Å². The number of hydrogen-bond donors (Lipinski definition) is 1. The zero-order valence-electron chi connectivity index (χ0n) is 12.4. The van der Waals surface area contributed by atoms with Crippen LogP contribution in [0, 0.1) is 0 Å². The summed E-state index contributed by atoms with van der Waals surface area (Å²) in [6, 6.07) is 0.521. The van der Waals surface area contributed by atoms with Crippen LogP contribution in [0.5, 0.6) is 0 Å². The molecule has 0 aromatic carbocycles. The second kappa shape index (κ2) is 6.57. The number of thiazole rings is 1. The van der Waals surface area contributed by atoms with Crippen LogP contribution in [-0.2, 0) is 13.1 Å². The monoisotopic (exact) mass is 299 g/mol. The van der Waals surface area contributed by atoms with E-state index < -0.39 is 0 Å². The molecule has 0 aliphatic carbocycles. The molecule has 2 rings (SSSR count). The number of hydrogen-bond acceptors (Lipinski definition) is 5. The van der Waals surface area contributed by atoms with Crippen molar-refractivity contribution in [2.45, 2.75) is 51.6 Å². The molecule has 0 unspecified atom stereocenters. The van der Waals surface area contributed by atoms with Gasteiger partial charge in [-0.15, -0.1) is 11.3 Å². The van der Waals surface area contributed by atoms with Crippen LogP contribution in [0.1, 0.15) is 38.4 Å². The molecule has 108 valence electrons. The van der Waals surface area contributed by atoms with Gasteiger partial charge in [-0.1, -0.05) is 13.8 Å². The third-order valence-corrected chi connectivity index (χ3v) is 5.35. The van der Waals surface area contributed by atoms with Crippen molar-refractivity contribution in [2.24, 2.45) is 0 Å². The fraction of sp³-hybridized carbons (Fsp3) is 0.786. The Bertz CT molecular complexity index is 401. The Hall–Kier alpha value is -0.100. The summed E-state index contributed by atoms with van der Waals surface area (Å²) in [6.07, 6.45) is 0. The standard InChI is InChI=1S/C14H25N3S2/c1-11(2)15-7-13-16-12(9-18-13)8-17-5-6-19-14(3,4)10-17/h9,11,15H,5-8,10H2,1-4H3. The van der Waals surface area contributed by atoms with Crippen LogP contribution in [0.4, 0.5) is 0 Å². The molecule has 1 saturated heterocycles. The Balaban J connectivity index is 1.85. The summed E-state index contributed by atoms with van der Waals surface area (Å²) >= 11 is 3.86. The summed E-state index contributed by atoms with van der Waals surface area (Å²) in [6.45, 7) is 13.3. The molecular weight excluding hydrogens is 274 g/mol. The Morgan fingerprint density at radius 3 is 2.95 bits per heavy atom. The Labute approximate surface area is 125 Å². The summed E-state index contributed by atoms with van der Waals surface area (Å²) in [7, 11) is 0. The highest BCUT2D eigenvalue weighted by Gasteiger charge is 2.27. The van der Waals surface area contributed by atoms with Gasteiger partial charge >= 0.3 is 0 Å². The van der Waals surface area contributed by atoms with Crippen LogP contribution in [0.25, 0.3) is 0 Å². The molecule has 1 aliphatic rings. The molecule has 2 heterocycles. The van der Waals surface area contributed by atoms with Crippen LogP contribution in [0.15, 0.2) is 5.38 Å². The lowest BCUT2D eigenvalue weighted by atomic mass is 10.2. The first-order valence-corrected chi connectivity index (χ1v) is 8.84. The van der Waals surface area contributed by atoms with E-state index in [1.54, 1.807) is 11.3 Å². The molecule has 0 saturated carbocycles. The van der Waals surface area contributed by atoms with Crippen molar-refractivity contribution in [2.75, 3.05) is 18.8 Å². The number of thioether (sulfide) groups is 1. The summed E-state index contributed by atoms with van der Waals surface area (Å²) in [5.41, 5.74) is 1.23. The molecule has 0 atom stereocenters. The maximum absolute atomic E-state index is 4.73. The van der Waals surface area contributed by atoms with Crippen LogP contribution in [-0.4, -0.2) is 39.5 Å². The molecule has 0 bridgehead atoms. The quantitative estimate of drug-likeness (QED) is 0.905. The first-order valence-electron chi connectivity index (χ1n) is 6.97. The number of nitrogens with zero attached hydrogens (tertiary/aromatic N) is 2. The van der Waals surface area contributed by atoms with Crippen LogP contribution >= 0.6 is 23.1 Å². The molecule has 3 nitrogen and oxygen atoms in total. The molecule has 1 N–H and O–H groups in total. The predicted octanol–water partition coefficient (Wildman–Crippen LogP) is 2.97. The molecule has 1 aromatic rings. The molecule has 0 spiro atoms. The SMILES string of the molecule is CC(C)NCc1nc(CN2CCSC(C)(C)C2)cs1. The lowest BCUT2D eigenvalue weighted by Crippen LogP contribution is -2.42. The third-order valence-electron chi connectivity index (χ3n) is 3.15. The average molecular weight is 300 g/mol. The highest BCUT2D eigenvalue weighted by molar-refractivity contribution is 8.00. The average Bonchev–Trinajstić information content (AvgIpc) is 2.73. The van der Waals surface area contributed by atoms with Crippen molar-refractivity contribution in [1.29, 1.82) is 0 Å². The molecule has 1 aromatic heterocycles. The van der Waals surface area contributed by atoms with E-state index in [4.69, 9.17) is 4.98 Å². The lowest BCUT2D eigenvalue weighted by Gasteiger charge is -2.37. The van der Waals surface area contributed by atoms with E-state index in [0.717, 1.165) is 19.6 Å². The van der Waals surface area contributed by atoms with E-state index in [2.05, 4.69) is 55.1 Å². The predicted molar refractivity (Wildman–Crippen MR) is 85.9 cm³/mol. The van der Waals surface area contributed by atoms with E-state index in [1.807, 2.05) is 0 Å². The molecular formula is C14H25N3S2. The molecule has 1 fully saturated rings. The van der Waals surface area contributed by atoms with Gasteiger partial charge in [0.05, 0.1) is 5.69 Å². The van der Waals surface area contributed by atoms with E-state index in [9.17, 15) is 0 Å². The summed E-state index contributed by atoms with van der Waals surface area (Å²) in [5.74, 6) is 1.24. The van der Waals surface area contributed by atoms with Gasteiger partial charge in [-0.25, -0.2) is 4.98 Å². The van der Waals surface area contributed by atoms with Gasteiger partial charge in [-0.3, -0.25) is 4.90 Å². The smallest absolute Gasteiger partial charge is 0.107 e. The van der Waals surface area contributed by atoms with Gasteiger partial charge in [0.2, 0.25) is 0 Å². The van der Waals surface area contributed by atoms with E-state index in [0.29, 0.717) is 10.8 Å². The number of rotatable bonds is 5. The third kappa shape index (κ3) is 5.06. The fourth-order valence-corrected chi connectivity index (χ4v) is 4.18. The van der Waals surface area contributed by atoms with Crippen molar-refractivity contribution >= 4 is 23.1 Å². The first kappa shape index (κ1) is 15.3. The highest BCUT2D eigenvalue weighted by Crippen LogP contribution is 2.30. The topological polar surface area (TPSA) is 28.2 Å². The van der Waals surface area contributed by atoms with E-state index in [-0.39, 0.29) is 0 Å². The summed E-state index contributed by atoms with van der Waals surface area (Å²) < 4.78 is 0.385. The van der Waals surface area contributed by atoms with Crippen molar-refractivity contribution in [3.8, 4) is 0 Å². The Morgan fingerprint density at radius 2 is 2.26 bits per heavy atom. The van der Waals surface area contributed by atoms with Gasteiger partial charge < -0.3 is 5.32 Å². The zero-order valence-corrected chi connectivity index (χ0v) is 14.0. The van der Waals surface area contributed by atoms with Gasteiger partial charge in [-0.2, -0.15) is 11.8 Å². The highest BCUT2D eigenvalue weighted by atomic mass is 32.2. The van der Waals surface area contributed by atoms with Gasteiger partial charge in [0.1, 0.15) is 5.01 Å². The second-order valence-corrected chi connectivity index (χ2v) is 8.83. The van der Waals surface area contributed by atoms with Crippen LogP contribution in [0.2, 0.25) is 0 Å². The minimum Gasteiger partial charge on any atom is -0.308 e. The fourth-order valence-electron chi connectivity index (χ4n) is 2.27. The Morgan fingerprint density at radius 1 is 1.47 bits per heavy atom. The second-order valence-electron chi connectivity index (χ2n) is 6.09. The molecule has 1 aliphatic heterocycles. The minimum atomic E-state index is 0.385. The van der Waals surface area contributed by atoms with Gasteiger partial charge in [0.15, 0.2) is 0 Å². The summed E-state index contributed by atoms with van der Waals surface area (Å²) in [4.78, 5) is 7.26. The van der Waals surface area contributed by atoms with Crippen molar-refractivity contribution < 1.29 is 0 Å². The number of nitrogens with one attached hydrogen (secondary N) is 1. The summed E-state index contributed by atoms with van der Waals surface area (Å²) in [5, 5.41) is 6.84. The molecule has 5 heteroatoms. The molecule has 19 heavy (non-hydrogen) atoms. The van der Waals surface area contributed by atoms with Gasteiger partial charge in [-0.05, 0) is 13.8 Å². The van der Waals surface area contributed by atoms with E-state index >= 15 is 0 Å². The normalized spacial score (nSPS) is 20.1. The maximum atomic E-state index is 4.73. The van der Waals surface area contributed by atoms with E-state index in [1.165, 1.54) is 23.0 Å². The zero-order chi connectivity index (χ0) is 13.9. The van der Waals surface area contributed by atoms with Crippen LogP contribution in [0.3, 0.4) is 0 Å². The lowest BCUT2D eigenvalue weighted by molar-refractivity contribution is 0.250.